The summed E-state index contributed by atoms with van der Waals surface area (Å²) >= 11 is 0. The van der Waals surface area contributed by atoms with Crippen molar-refractivity contribution in [1.82, 2.24) is 0 Å². The quantitative estimate of drug-likeness (QED) is 0.776. The number of hydrogen-bond donors (Lipinski definition) is 2. The van der Waals surface area contributed by atoms with Crippen molar-refractivity contribution in [1.29, 1.82) is 0 Å². The van der Waals surface area contributed by atoms with Crippen LogP contribution in [0.1, 0.15) is 26.3 Å². The molecule has 0 aromatic heterocycles. The van der Waals surface area contributed by atoms with Crippen molar-refractivity contribution in [2.45, 2.75) is 26.2 Å². The molecule has 0 radical (unpaired) electrons. The number of para-hydroxylation sites is 2. The number of rotatable bonds is 3. The van der Waals surface area contributed by atoms with Gasteiger partial charge in [0.15, 0.2) is 0 Å². The zero-order chi connectivity index (χ0) is 13.0. The summed E-state index contributed by atoms with van der Waals surface area (Å²) in [6, 6.07) is 18.5. The van der Waals surface area contributed by atoms with E-state index >= 15 is 0 Å². The number of nitrogens with one attached hydrogen (secondary N) is 2. The van der Waals surface area contributed by atoms with E-state index in [1.165, 1.54) is 5.56 Å². The lowest BCUT2D eigenvalue weighted by Gasteiger charge is -2.23. The van der Waals surface area contributed by atoms with Crippen molar-refractivity contribution in [3.05, 3.63) is 60.2 Å². The van der Waals surface area contributed by atoms with Gasteiger partial charge < -0.3 is 10.9 Å². The minimum Gasteiger partial charge on any atom is -0.301 e. The fourth-order valence-electron chi connectivity index (χ4n) is 1.91. The second-order valence-electron chi connectivity index (χ2n) is 5.41. The second-order valence-corrected chi connectivity index (χ2v) is 5.41. The average molecular weight is 240 g/mol. The van der Waals surface area contributed by atoms with E-state index in [1.807, 2.05) is 36.4 Å². The van der Waals surface area contributed by atoms with Gasteiger partial charge in [-0.25, -0.2) is 0 Å². The van der Waals surface area contributed by atoms with Crippen LogP contribution in [0.4, 0.5) is 11.4 Å². The Morgan fingerprint density at radius 1 is 0.722 bits per heavy atom. The molecule has 0 aliphatic heterocycles. The number of hydrogen-bond acceptors (Lipinski definition) is 2. The molecule has 18 heavy (non-hydrogen) atoms. The first-order valence-electron chi connectivity index (χ1n) is 6.24. The SMILES string of the molecule is CC(C)(C)c1ccccc1NNc1ccccc1. The van der Waals surface area contributed by atoms with Gasteiger partial charge in [-0.3, -0.25) is 0 Å². The summed E-state index contributed by atoms with van der Waals surface area (Å²) in [5.74, 6) is 0. The van der Waals surface area contributed by atoms with Crippen LogP contribution in [0.5, 0.6) is 0 Å². The first kappa shape index (κ1) is 12.5. The smallest absolute Gasteiger partial charge is 0.0577 e. The molecule has 0 saturated heterocycles. The van der Waals surface area contributed by atoms with Crippen molar-refractivity contribution in [3.8, 4) is 0 Å². The standard InChI is InChI=1S/C16H20N2/c1-16(2,3)14-11-7-8-12-15(14)18-17-13-9-5-4-6-10-13/h4-12,17-18H,1-3H3. The Balaban J connectivity index is 2.15. The largest absolute Gasteiger partial charge is 0.301 e. The summed E-state index contributed by atoms with van der Waals surface area (Å²) in [6.45, 7) is 6.65. The normalized spacial score (nSPS) is 11.1. The van der Waals surface area contributed by atoms with Gasteiger partial charge in [0.25, 0.3) is 0 Å². The van der Waals surface area contributed by atoms with Gasteiger partial charge in [-0.1, -0.05) is 57.2 Å². The second kappa shape index (κ2) is 5.13. The molecular weight excluding hydrogens is 220 g/mol. The van der Waals surface area contributed by atoms with Crippen molar-refractivity contribution in [2.75, 3.05) is 10.9 Å². The van der Waals surface area contributed by atoms with E-state index in [4.69, 9.17) is 0 Å². The molecule has 0 spiro atoms. The minimum atomic E-state index is 0.127. The maximum Gasteiger partial charge on any atom is 0.0577 e. The van der Waals surface area contributed by atoms with E-state index in [0.717, 1.165) is 11.4 Å². The van der Waals surface area contributed by atoms with Gasteiger partial charge in [-0.05, 0) is 29.2 Å². The highest BCUT2D eigenvalue weighted by Crippen LogP contribution is 2.29. The van der Waals surface area contributed by atoms with Gasteiger partial charge in [0.1, 0.15) is 0 Å². The van der Waals surface area contributed by atoms with Gasteiger partial charge in [0.2, 0.25) is 0 Å². The molecule has 0 atom stereocenters. The predicted octanol–water partition coefficient (Wildman–Crippen LogP) is 4.42. The van der Waals surface area contributed by atoms with E-state index in [0.29, 0.717) is 0 Å². The summed E-state index contributed by atoms with van der Waals surface area (Å²) in [5, 5.41) is 0. The Kier molecular flexibility index (Phi) is 3.56. The highest BCUT2D eigenvalue weighted by molar-refractivity contribution is 5.58. The molecule has 2 aromatic carbocycles. The Morgan fingerprint density at radius 3 is 2.00 bits per heavy atom. The lowest BCUT2D eigenvalue weighted by atomic mass is 9.86. The Hall–Kier alpha value is -1.96. The van der Waals surface area contributed by atoms with Crippen LogP contribution in [-0.2, 0) is 5.41 Å². The Labute approximate surface area is 109 Å². The highest BCUT2D eigenvalue weighted by atomic mass is 15.4. The van der Waals surface area contributed by atoms with E-state index in [2.05, 4.69) is 49.8 Å². The van der Waals surface area contributed by atoms with Crippen LogP contribution in [-0.4, -0.2) is 0 Å². The lowest BCUT2D eigenvalue weighted by Crippen LogP contribution is -2.17. The van der Waals surface area contributed by atoms with Crippen molar-refractivity contribution in [2.24, 2.45) is 0 Å². The topological polar surface area (TPSA) is 24.1 Å². The van der Waals surface area contributed by atoms with Crippen molar-refractivity contribution < 1.29 is 0 Å². The molecule has 0 heterocycles. The van der Waals surface area contributed by atoms with Gasteiger partial charge in [-0.15, -0.1) is 0 Å². The summed E-state index contributed by atoms with van der Waals surface area (Å²) in [6.07, 6.45) is 0. The molecule has 0 aliphatic carbocycles. The number of hydrazine groups is 1. The number of benzene rings is 2. The molecule has 94 valence electrons. The molecular formula is C16H20N2. The summed E-state index contributed by atoms with van der Waals surface area (Å²) in [4.78, 5) is 0. The van der Waals surface area contributed by atoms with Crippen LogP contribution in [0.25, 0.3) is 0 Å². The van der Waals surface area contributed by atoms with Crippen LogP contribution in [0.3, 0.4) is 0 Å². The van der Waals surface area contributed by atoms with E-state index < -0.39 is 0 Å². The molecule has 0 fully saturated rings. The molecule has 0 bridgehead atoms. The van der Waals surface area contributed by atoms with E-state index in [-0.39, 0.29) is 5.41 Å². The van der Waals surface area contributed by atoms with Crippen LogP contribution in [0.2, 0.25) is 0 Å². The summed E-state index contributed by atoms with van der Waals surface area (Å²) in [5.41, 5.74) is 10.1. The molecule has 2 heteroatoms. The van der Waals surface area contributed by atoms with Gasteiger partial charge in [0, 0.05) is 0 Å². The lowest BCUT2D eigenvalue weighted by molar-refractivity contribution is 0.592. The zero-order valence-electron chi connectivity index (χ0n) is 11.2. The van der Waals surface area contributed by atoms with Crippen LogP contribution < -0.4 is 10.9 Å². The summed E-state index contributed by atoms with van der Waals surface area (Å²) < 4.78 is 0. The van der Waals surface area contributed by atoms with E-state index in [1.54, 1.807) is 0 Å². The molecule has 0 aliphatic rings. The monoisotopic (exact) mass is 240 g/mol. The molecule has 2 aromatic rings. The maximum atomic E-state index is 3.29. The predicted molar refractivity (Wildman–Crippen MR) is 78.8 cm³/mol. The third kappa shape index (κ3) is 3.04. The Bertz CT molecular complexity index is 498. The van der Waals surface area contributed by atoms with E-state index in [9.17, 15) is 0 Å². The van der Waals surface area contributed by atoms with Gasteiger partial charge in [-0.2, -0.15) is 0 Å². The van der Waals surface area contributed by atoms with Gasteiger partial charge in [0.05, 0.1) is 11.4 Å². The van der Waals surface area contributed by atoms with Crippen LogP contribution in [0, 0.1) is 0 Å². The zero-order valence-corrected chi connectivity index (χ0v) is 11.2. The molecule has 0 amide bonds. The maximum absolute atomic E-state index is 3.29. The first-order chi connectivity index (χ1) is 8.57. The van der Waals surface area contributed by atoms with Crippen LogP contribution >= 0.6 is 0 Å². The fourth-order valence-corrected chi connectivity index (χ4v) is 1.91. The molecule has 2 rings (SSSR count). The molecule has 2 N–H and O–H groups in total. The molecule has 0 saturated carbocycles. The minimum absolute atomic E-state index is 0.127. The fraction of sp³-hybridized carbons (Fsp3) is 0.250. The number of anilines is 2. The molecule has 2 nitrogen and oxygen atoms in total. The Morgan fingerprint density at radius 2 is 1.33 bits per heavy atom. The third-order valence-electron chi connectivity index (χ3n) is 2.85. The average Bonchev–Trinajstić information content (AvgIpc) is 2.37. The summed E-state index contributed by atoms with van der Waals surface area (Å²) in [7, 11) is 0. The third-order valence-corrected chi connectivity index (χ3v) is 2.85. The van der Waals surface area contributed by atoms with Crippen molar-refractivity contribution in [3.63, 3.8) is 0 Å². The first-order valence-corrected chi connectivity index (χ1v) is 6.24. The van der Waals surface area contributed by atoms with Gasteiger partial charge >= 0.3 is 0 Å². The van der Waals surface area contributed by atoms with Crippen molar-refractivity contribution >= 4 is 11.4 Å². The van der Waals surface area contributed by atoms with Crippen LogP contribution in [0.15, 0.2) is 54.6 Å². The highest BCUT2D eigenvalue weighted by Gasteiger charge is 2.16. The molecule has 0 unspecified atom stereocenters.